The molecule has 0 radical (unpaired) electrons. The maximum Gasteiger partial charge on any atom is 0.119 e. The highest BCUT2D eigenvalue weighted by Gasteiger charge is 2.08. The molecule has 0 spiro atoms. The monoisotopic (exact) mass is 314 g/mol. The van der Waals surface area contributed by atoms with Crippen LogP contribution in [0.25, 0.3) is 41.7 Å². The van der Waals surface area contributed by atoms with Crippen molar-refractivity contribution < 1.29 is 4.74 Å². The van der Waals surface area contributed by atoms with Crippen molar-refractivity contribution in [2.75, 3.05) is 7.11 Å². The first-order chi connectivity index (χ1) is 11.3. The van der Waals surface area contributed by atoms with Gasteiger partial charge >= 0.3 is 0 Å². The minimum absolute atomic E-state index is 0.903. The third-order valence-corrected chi connectivity index (χ3v) is 5.67. The van der Waals surface area contributed by atoms with Crippen molar-refractivity contribution in [3.8, 4) is 5.75 Å². The quantitative estimate of drug-likeness (QED) is 0.327. The van der Waals surface area contributed by atoms with Gasteiger partial charge in [0.05, 0.1) is 7.11 Å². The van der Waals surface area contributed by atoms with Gasteiger partial charge in [-0.15, -0.1) is 11.3 Å². The minimum Gasteiger partial charge on any atom is -0.497 e. The van der Waals surface area contributed by atoms with Gasteiger partial charge in [-0.1, -0.05) is 36.4 Å². The summed E-state index contributed by atoms with van der Waals surface area (Å²) in [5, 5.41) is 7.80. The zero-order valence-electron chi connectivity index (χ0n) is 12.7. The fraction of sp³-hybridized carbons (Fsp3) is 0.0476. The fourth-order valence-corrected chi connectivity index (χ4v) is 4.52. The molecule has 0 atom stereocenters. The van der Waals surface area contributed by atoms with E-state index in [9.17, 15) is 0 Å². The predicted molar refractivity (Wildman–Crippen MR) is 101 cm³/mol. The Morgan fingerprint density at radius 1 is 0.652 bits per heavy atom. The van der Waals surface area contributed by atoms with Crippen molar-refractivity contribution in [1.29, 1.82) is 0 Å². The summed E-state index contributed by atoms with van der Waals surface area (Å²) in [5.41, 5.74) is 0. The summed E-state index contributed by atoms with van der Waals surface area (Å²) in [7, 11) is 1.71. The fourth-order valence-electron chi connectivity index (χ4n) is 3.39. The topological polar surface area (TPSA) is 9.23 Å². The molecule has 0 unspecified atom stereocenters. The van der Waals surface area contributed by atoms with E-state index in [1.54, 1.807) is 7.11 Å². The van der Waals surface area contributed by atoms with Crippen LogP contribution in [0.1, 0.15) is 0 Å². The zero-order valence-corrected chi connectivity index (χ0v) is 13.5. The van der Waals surface area contributed by atoms with Gasteiger partial charge in [-0.05, 0) is 51.9 Å². The van der Waals surface area contributed by atoms with E-state index in [0.717, 1.165) is 5.75 Å². The zero-order chi connectivity index (χ0) is 15.4. The van der Waals surface area contributed by atoms with Gasteiger partial charge in [0.1, 0.15) is 5.75 Å². The Morgan fingerprint density at radius 3 is 2.35 bits per heavy atom. The second-order valence-electron chi connectivity index (χ2n) is 5.82. The molecule has 0 bridgehead atoms. The molecular formula is C21H14OS. The van der Waals surface area contributed by atoms with Crippen molar-refractivity contribution >= 4 is 53.1 Å². The number of ether oxygens (including phenoxy) is 1. The van der Waals surface area contributed by atoms with Crippen LogP contribution in [0.2, 0.25) is 0 Å². The second kappa shape index (κ2) is 4.71. The largest absolute Gasteiger partial charge is 0.497 e. The smallest absolute Gasteiger partial charge is 0.119 e. The first kappa shape index (κ1) is 12.9. The normalized spacial score (nSPS) is 11.7. The van der Waals surface area contributed by atoms with E-state index in [4.69, 9.17) is 4.74 Å². The van der Waals surface area contributed by atoms with Crippen LogP contribution in [-0.4, -0.2) is 7.11 Å². The van der Waals surface area contributed by atoms with Crippen LogP contribution < -0.4 is 4.74 Å². The molecule has 0 aliphatic rings. The molecule has 4 aromatic carbocycles. The average Bonchev–Trinajstić information content (AvgIpc) is 2.97. The maximum atomic E-state index is 5.35. The average molecular weight is 314 g/mol. The molecule has 23 heavy (non-hydrogen) atoms. The van der Waals surface area contributed by atoms with Crippen LogP contribution in [0.3, 0.4) is 0 Å². The van der Waals surface area contributed by atoms with Gasteiger partial charge in [-0.25, -0.2) is 0 Å². The first-order valence-electron chi connectivity index (χ1n) is 7.65. The van der Waals surface area contributed by atoms with E-state index in [1.165, 1.54) is 41.7 Å². The van der Waals surface area contributed by atoms with Gasteiger partial charge < -0.3 is 4.74 Å². The first-order valence-corrected chi connectivity index (χ1v) is 8.47. The lowest BCUT2D eigenvalue weighted by molar-refractivity contribution is 0.415. The molecule has 1 nitrogen and oxygen atoms in total. The molecule has 0 amide bonds. The Morgan fingerprint density at radius 2 is 1.48 bits per heavy atom. The predicted octanol–water partition coefficient (Wildman–Crippen LogP) is 6.37. The maximum absolute atomic E-state index is 5.35. The molecule has 1 aromatic heterocycles. The van der Waals surface area contributed by atoms with E-state index in [0.29, 0.717) is 0 Å². The number of rotatable bonds is 1. The number of hydrogen-bond donors (Lipinski definition) is 0. The van der Waals surface area contributed by atoms with Gasteiger partial charge in [0.2, 0.25) is 0 Å². The molecule has 2 heteroatoms. The van der Waals surface area contributed by atoms with Crippen LogP contribution in [0, 0.1) is 0 Å². The molecule has 0 aliphatic carbocycles. The van der Waals surface area contributed by atoms with Gasteiger partial charge in [0.25, 0.3) is 0 Å². The van der Waals surface area contributed by atoms with Crippen LogP contribution >= 0.6 is 11.3 Å². The highest BCUT2D eigenvalue weighted by molar-refractivity contribution is 7.25. The Bertz CT molecular complexity index is 1200. The van der Waals surface area contributed by atoms with Gasteiger partial charge in [0, 0.05) is 20.2 Å². The number of benzene rings is 4. The van der Waals surface area contributed by atoms with Crippen molar-refractivity contribution in [3.05, 3.63) is 66.7 Å². The summed E-state index contributed by atoms with van der Waals surface area (Å²) < 4.78 is 8.05. The molecular weight excluding hydrogens is 300 g/mol. The van der Waals surface area contributed by atoms with E-state index in [2.05, 4.69) is 60.7 Å². The minimum atomic E-state index is 0.903. The van der Waals surface area contributed by atoms with Crippen LogP contribution in [-0.2, 0) is 0 Å². The Balaban J connectivity index is 1.93. The highest BCUT2D eigenvalue weighted by Crippen LogP contribution is 2.38. The lowest BCUT2D eigenvalue weighted by atomic mass is 10.00. The molecule has 1 heterocycles. The van der Waals surface area contributed by atoms with E-state index in [-0.39, 0.29) is 0 Å². The molecule has 110 valence electrons. The standard InChI is InChI=1S/C21H14OS/c1-22-15-8-9-16-13(10-15)6-7-14-11-19-17-4-2-3-5-20(17)23-21(19)12-18(14)16/h2-12H,1H3. The molecule has 0 fully saturated rings. The molecule has 0 aliphatic heterocycles. The molecule has 0 saturated heterocycles. The van der Waals surface area contributed by atoms with E-state index >= 15 is 0 Å². The van der Waals surface area contributed by atoms with Gasteiger partial charge in [0.15, 0.2) is 0 Å². The molecule has 0 saturated carbocycles. The highest BCUT2D eigenvalue weighted by atomic mass is 32.1. The lowest BCUT2D eigenvalue weighted by Crippen LogP contribution is -1.83. The molecule has 5 rings (SSSR count). The number of hydrogen-bond acceptors (Lipinski definition) is 2. The Labute approximate surface area is 137 Å². The summed E-state index contributed by atoms with van der Waals surface area (Å²) >= 11 is 1.87. The van der Waals surface area contributed by atoms with Crippen LogP contribution in [0.4, 0.5) is 0 Å². The van der Waals surface area contributed by atoms with Crippen molar-refractivity contribution in [1.82, 2.24) is 0 Å². The Kier molecular flexibility index (Phi) is 2.64. The number of fused-ring (bicyclic) bond motifs is 6. The SMILES string of the molecule is COc1ccc2c(ccc3cc4c(cc32)sc2ccccc24)c1. The summed E-state index contributed by atoms with van der Waals surface area (Å²) in [4.78, 5) is 0. The molecule has 5 aromatic rings. The number of thiophene rings is 1. The number of methoxy groups -OCH3 is 1. The summed E-state index contributed by atoms with van der Waals surface area (Å²) in [6, 6.07) is 24.0. The second-order valence-corrected chi connectivity index (χ2v) is 6.90. The third kappa shape index (κ3) is 1.85. The van der Waals surface area contributed by atoms with E-state index < -0.39 is 0 Å². The molecule has 0 N–H and O–H groups in total. The summed E-state index contributed by atoms with van der Waals surface area (Å²) in [6.45, 7) is 0. The van der Waals surface area contributed by atoms with Crippen LogP contribution in [0.5, 0.6) is 5.75 Å². The van der Waals surface area contributed by atoms with E-state index in [1.807, 2.05) is 17.4 Å². The van der Waals surface area contributed by atoms with Gasteiger partial charge in [-0.2, -0.15) is 0 Å². The third-order valence-electron chi connectivity index (χ3n) is 4.54. The summed E-state index contributed by atoms with van der Waals surface area (Å²) in [5.74, 6) is 0.903. The van der Waals surface area contributed by atoms with Crippen molar-refractivity contribution in [2.24, 2.45) is 0 Å². The van der Waals surface area contributed by atoms with Gasteiger partial charge in [-0.3, -0.25) is 0 Å². The van der Waals surface area contributed by atoms with Crippen molar-refractivity contribution in [2.45, 2.75) is 0 Å². The summed E-state index contributed by atoms with van der Waals surface area (Å²) in [6.07, 6.45) is 0. The Hall–Kier alpha value is -2.58. The lowest BCUT2D eigenvalue weighted by Gasteiger charge is -2.06. The van der Waals surface area contributed by atoms with Crippen molar-refractivity contribution in [3.63, 3.8) is 0 Å². The van der Waals surface area contributed by atoms with Crippen LogP contribution in [0.15, 0.2) is 66.7 Å².